The average molecular weight is 149 g/mol. The third kappa shape index (κ3) is 1.23. The molecule has 0 radical (unpaired) electrons. The predicted molar refractivity (Wildman–Crippen MR) is 36.7 cm³/mol. The number of hydrogen-bond acceptors (Lipinski definition) is 3. The molecule has 1 aliphatic rings. The van der Waals surface area contributed by atoms with E-state index >= 15 is 0 Å². The van der Waals surface area contributed by atoms with Gasteiger partial charge in [-0.3, -0.25) is 0 Å². The van der Waals surface area contributed by atoms with E-state index in [-0.39, 0.29) is 0 Å². The molecule has 1 fully saturated rings. The monoisotopic (exact) mass is 149 g/mol. The number of ether oxygens (including phenoxy) is 1. The molecule has 1 aliphatic heterocycles. The van der Waals surface area contributed by atoms with E-state index in [9.17, 15) is 0 Å². The number of imidazole rings is 1. The summed E-state index contributed by atoms with van der Waals surface area (Å²) in [5.41, 5.74) is 0. The highest BCUT2D eigenvalue weighted by Gasteiger charge is 2.23. The second kappa shape index (κ2) is 2.36. The van der Waals surface area contributed by atoms with E-state index < -0.39 is 0 Å². The van der Waals surface area contributed by atoms with E-state index in [1.807, 2.05) is 6.07 Å². The fourth-order valence-electron chi connectivity index (χ4n) is 0.962. The van der Waals surface area contributed by atoms with Gasteiger partial charge in [-0.2, -0.15) is 5.26 Å². The Morgan fingerprint density at radius 3 is 3.36 bits per heavy atom. The van der Waals surface area contributed by atoms with Crippen molar-refractivity contribution in [3.63, 3.8) is 0 Å². The highest BCUT2D eigenvalue weighted by molar-refractivity contribution is 5.11. The van der Waals surface area contributed by atoms with Gasteiger partial charge >= 0.3 is 0 Å². The molecule has 2 heterocycles. The minimum atomic E-state index is 0.302. The van der Waals surface area contributed by atoms with Gasteiger partial charge in [0.1, 0.15) is 6.07 Å². The van der Waals surface area contributed by atoms with Crippen LogP contribution in [0.4, 0.5) is 0 Å². The molecule has 2 rings (SSSR count). The molecular formula is C7H7N3O. The summed E-state index contributed by atoms with van der Waals surface area (Å²) in [6, 6.07) is 2.00. The van der Waals surface area contributed by atoms with Gasteiger partial charge in [-0.05, 0) is 0 Å². The maximum atomic E-state index is 8.57. The van der Waals surface area contributed by atoms with E-state index in [4.69, 9.17) is 10.00 Å². The van der Waals surface area contributed by atoms with Crippen molar-refractivity contribution < 1.29 is 4.74 Å². The minimum absolute atomic E-state index is 0.302. The fraction of sp³-hybridized carbons (Fsp3) is 0.429. The summed E-state index contributed by atoms with van der Waals surface area (Å²) >= 11 is 0. The molecule has 0 unspecified atom stereocenters. The van der Waals surface area contributed by atoms with Gasteiger partial charge in [0.25, 0.3) is 0 Å². The molecular weight excluding hydrogens is 142 g/mol. The summed E-state index contributed by atoms with van der Waals surface area (Å²) in [5.74, 6) is 0.459. The second-order valence-corrected chi connectivity index (χ2v) is 2.47. The Morgan fingerprint density at radius 2 is 2.73 bits per heavy atom. The van der Waals surface area contributed by atoms with Gasteiger partial charge in [0, 0.05) is 12.4 Å². The molecule has 11 heavy (non-hydrogen) atoms. The quantitative estimate of drug-likeness (QED) is 0.562. The normalized spacial score (nSPS) is 21.2. The zero-order chi connectivity index (χ0) is 7.68. The smallest absolute Gasteiger partial charge is 0.212 e. The van der Waals surface area contributed by atoms with Crippen LogP contribution in [0.5, 0.6) is 0 Å². The van der Waals surface area contributed by atoms with Crippen LogP contribution in [0.15, 0.2) is 12.4 Å². The maximum Gasteiger partial charge on any atom is 0.212 e. The number of nitriles is 1. The molecule has 4 nitrogen and oxygen atoms in total. The minimum Gasteiger partial charge on any atom is -0.371 e. The Labute approximate surface area is 64.0 Å². The molecule has 0 aromatic carbocycles. The second-order valence-electron chi connectivity index (χ2n) is 2.47. The van der Waals surface area contributed by atoms with Crippen LogP contribution in [0.25, 0.3) is 0 Å². The zero-order valence-electron chi connectivity index (χ0n) is 5.90. The van der Waals surface area contributed by atoms with Crippen LogP contribution in [0.3, 0.4) is 0 Å². The van der Waals surface area contributed by atoms with E-state index in [1.54, 1.807) is 17.0 Å². The van der Waals surface area contributed by atoms with Crippen molar-refractivity contribution in [2.45, 2.75) is 12.6 Å². The predicted octanol–water partition coefficient (Wildman–Crippen LogP) is 0.154. The summed E-state index contributed by atoms with van der Waals surface area (Å²) in [5, 5.41) is 8.57. The Morgan fingerprint density at radius 1 is 1.91 bits per heavy atom. The summed E-state index contributed by atoms with van der Waals surface area (Å²) in [7, 11) is 0. The van der Waals surface area contributed by atoms with Gasteiger partial charge < -0.3 is 9.30 Å². The van der Waals surface area contributed by atoms with E-state index in [2.05, 4.69) is 4.98 Å². The lowest BCUT2D eigenvalue weighted by Crippen LogP contribution is -2.04. The highest BCUT2D eigenvalue weighted by Crippen LogP contribution is 2.12. The van der Waals surface area contributed by atoms with Gasteiger partial charge in [-0.15, -0.1) is 0 Å². The van der Waals surface area contributed by atoms with Crippen molar-refractivity contribution in [1.82, 2.24) is 9.55 Å². The third-order valence-corrected chi connectivity index (χ3v) is 1.62. The SMILES string of the molecule is N#Cc1nccn1C[C@H]1CO1. The first kappa shape index (κ1) is 6.38. The van der Waals surface area contributed by atoms with Crippen LogP contribution < -0.4 is 0 Å². The summed E-state index contributed by atoms with van der Waals surface area (Å²) in [6.07, 6.45) is 3.72. The van der Waals surface area contributed by atoms with Crippen molar-refractivity contribution in [3.8, 4) is 6.07 Å². The average Bonchev–Trinajstić information content (AvgIpc) is 2.68. The van der Waals surface area contributed by atoms with E-state index in [0.29, 0.717) is 11.9 Å². The Balaban J connectivity index is 2.15. The molecule has 0 spiro atoms. The molecule has 1 atom stereocenters. The first-order valence-electron chi connectivity index (χ1n) is 3.43. The number of rotatable bonds is 2. The van der Waals surface area contributed by atoms with Crippen LogP contribution in [-0.2, 0) is 11.3 Å². The molecule has 1 saturated heterocycles. The maximum absolute atomic E-state index is 8.57. The number of epoxide rings is 1. The summed E-state index contributed by atoms with van der Waals surface area (Å²) in [6.45, 7) is 1.56. The lowest BCUT2D eigenvalue weighted by atomic mass is 10.4. The van der Waals surface area contributed by atoms with Gasteiger partial charge in [0.15, 0.2) is 0 Å². The van der Waals surface area contributed by atoms with Gasteiger partial charge in [0.05, 0.1) is 19.3 Å². The Kier molecular flexibility index (Phi) is 1.37. The van der Waals surface area contributed by atoms with Crippen LogP contribution >= 0.6 is 0 Å². The van der Waals surface area contributed by atoms with Crippen molar-refractivity contribution >= 4 is 0 Å². The highest BCUT2D eigenvalue weighted by atomic mass is 16.6. The molecule has 0 amide bonds. The summed E-state index contributed by atoms with van der Waals surface area (Å²) in [4.78, 5) is 3.86. The van der Waals surface area contributed by atoms with Gasteiger partial charge in [0.2, 0.25) is 5.82 Å². The molecule has 0 N–H and O–H groups in total. The summed E-state index contributed by atoms with van der Waals surface area (Å²) < 4.78 is 6.83. The van der Waals surface area contributed by atoms with Crippen LogP contribution in [-0.4, -0.2) is 22.3 Å². The van der Waals surface area contributed by atoms with Crippen molar-refractivity contribution in [2.24, 2.45) is 0 Å². The molecule has 56 valence electrons. The lowest BCUT2D eigenvalue weighted by Gasteiger charge is -1.97. The lowest BCUT2D eigenvalue weighted by molar-refractivity contribution is 0.382. The van der Waals surface area contributed by atoms with Gasteiger partial charge in [-0.25, -0.2) is 4.98 Å². The zero-order valence-corrected chi connectivity index (χ0v) is 5.90. The van der Waals surface area contributed by atoms with Crippen LogP contribution in [0.2, 0.25) is 0 Å². The number of nitrogens with zero attached hydrogens (tertiary/aromatic N) is 3. The molecule has 4 heteroatoms. The molecule has 1 aromatic rings. The van der Waals surface area contributed by atoms with Crippen molar-refractivity contribution in [3.05, 3.63) is 18.2 Å². The van der Waals surface area contributed by atoms with Gasteiger partial charge in [-0.1, -0.05) is 0 Å². The molecule has 0 aliphatic carbocycles. The van der Waals surface area contributed by atoms with Crippen molar-refractivity contribution in [2.75, 3.05) is 6.61 Å². The Hall–Kier alpha value is -1.34. The first-order chi connectivity index (χ1) is 5.40. The number of aromatic nitrogens is 2. The third-order valence-electron chi connectivity index (χ3n) is 1.62. The van der Waals surface area contributed by atoms with E-state index in [0.717, 1.165) is 13.2 Å². The topological polar surface area (TPSA) is 54.1 Å². The molecule has 1 aromatic heterocycles. The molecule has 0 bridgehead atoms. The standard InChI is InChI=1S/C7H7N3O/c8-3-7-9-1-2-10(7)4-6-5-11-6/h1-2,6H,4-5H2/t6-/m0/s1. The number of hydrogen-bond donors (Lipinski definition) is 0. The Bertz CT molecular complexity index is 295. The molecule has 0 saturated carbocycles. The van der Waals surface area contributed by atoms with Crippen molar-refractivity contribution in [1.29, 1.82) is 5.26 Å². The van der Waals surface area contributed by atoms with E-state index in [1.165, 1.54) is 0 Å². The van der Waals surface area contributed by atoms with Crippen LogP contribution in [0, 0.1) is 11.3 Å². The largest absolute Gasteiger partial charge is 0.371 e. The fourth-order valence-corrected chi connectivity index (χ4v) is 0.962. The first-order valence-corrected chi connectivity index (χ1v) is 3.43. The van der Waals surface area contributed by atoms with Crippen LogP contribution in [0.1, 0.15) is 5.82 Å².